The smallest absolute Gasteiger partial charge is 0.0934 e. The van der Waals surface area contributed by atoms with Crippen molar-refractivity contribution >= 4 is 11.3 Å². The lowest BCUT2D eigenvalue weighted by Gasteiger charge is -2.36. The second-order valence-electron chi connectivity index (χ2n) is 4.39. The van der Waals surface area contributed by atoms with Crippen LogP contribution in [0.2, 0.25) is 0 Å². The van der Waals surface area contributed by atoms with Crippen LogP contribution in [0.3, 0.4) is 0 Å². The third kappa shape index (κ3) is 3.80. The predicted octanol–water partition coefficient (Wildman–Crippen LogP) is 3.64. The fourth-order valence-corrected chi connectivity index (χ4v) is 3.01. The predicted molar refractivity (Wildman–Crippen MR) is 73.6 cm³/mol. The van der Waals surface area contributed by atoms with Crippen molar-refractivity contribution in [3.8, 4) is 0 Å². The molecule has 0 saturated carbocycles. The van der Waals surface area contributed by atoms with Crippen LogP contribution in [0.15, 0.2) is 16.8 Å². The second-order valence-corrected chi connectivity index (χ2v) is 5.17. The van der Waals surface area contributed by atoms with Gasteiger partial charge in [-0.2, -0.15) is 11.3 Å². The fraction of sp³-hybridized carbons (Fsp3) is 0.714. The Morgan fingerprint density at radius 1 is 1.35 bits per heavy atom. The third-order valence-electron chi connectivity index (χ3n) is 3.52. The maximum absolute atomic E-state index is 10.4. The summed E-state index contributed by atoms with van der Waals surface area (Å²) in [7, 11) is 0. The topological polar surface area (TPSA) is 29.5 Å². The Balaban J connectivity index is 2.55. The number of aliphatic hydroxyl groups excluding tert-OH is 1. The zero-order valence-corrected chi connectivity index (χ0v) is 11.9. The van der Waals surface area contributed by atoms with Crippen LogP contribution in [-0.4, -0.2) is 23.4 Å². The molecule has 0 spiro atoms. The summed E-state index contributed by atoms with van der Waals surface area (Å²) in [5.74, 6) is 0. The molecule has 2 nitrogen and oxygen atoms in total. The van der Waals surface area contributed by atoms with E-state index in [2.05, 4.69) is 30.7 Å². The van der Waals surface area contributed by atoms with Crippen molar-refractivity contribution in [1.29, 1.82) is 0 Å². The molecular formula is C14H24O2S. The SMILES string of the molecule is CCOC(CC)(CC)C(O)CCc1ccsc1. The van der Waals surface area contributed by atoms with Gasteiger partial charge in [0.15, 0.2) is 0 Å². The molecule has 17 heavy (non-hydrogen) atoms. The summed E-state index contributed by atoms with van der Waals surface area (Å²) in [5, 5.41) is 14.6. The molecule has 0 aliphatic heterocycles. The largest absolute Gasteiger partial charge is 0.390 e. The van der Waals surface area contributed by atoms with Crippen LogP contribution in [0, 0.1) is 0 Å². The van der Waals surface area contributed by atoms with Crippen molar-refractivity contribution in [3.63, 3.8) is 0 Å². The summed E-state index contributed by atoms with van der Waals surface area (Å²) in [6.45, 7) is 6.84. The molecule has 0 fully saturated rings. The van der Waals surface area contributed by atoms with Gasteiger partial charge in [0.25, 0.3) is 0 Å². The third-order valence-corrected chi connectivity index (χ3v) is 4.25. The van der Waals surface area contributed by atoms with Crippen molar-refractivity contribution in [3.05, 3.63) is 22.4 Å². The molecule has 0 bridgehead atoms. The van der Waals surface area contributed by atoms with E-state index in [9.17, 15) is 5.11 Å². The number of aliphatic hydroxyl groups is 1. The summed E-state index contributed by atoms with van der Waals surface area (Å²) in [4.78, 5) is 0. The highest BCUT2D eigenvalue weighted by Gasteiger charge is 2.34. The van der Waals surface area contributed by atoms with E-state index in [1.54, 1.807) is 11.3 Å². The number of ether oxygens (including phenoxy) is 1. The van der Waals surface area contributed by atoms with E-state index in [1.807, 2.05) is 6.92 Å². The molecule has 1 rings (SSSR count). The van der Waals surface area contributed by atoms with E-state index >= 15 is 0 Å². The molecule has 98 valence electrons. The molecule has 0 saturated heterocycles. The fourth-order valence-electron chi connectivity index (χ4n) is 2.31. The Morgan fingerprint density at radius 2 is 2.06 bits per heavy atom. The molecular weight excluding hydrogens is 232 g/mol. The van der Waals surface area contributed by atoms with E-state index in [4.69, 9.17) is 4.74 Å². The minimum Gasteiger partial charge on any atom is -0.390 e. The maximum Gasteiger partial charge on any atom is 0.0934 e. The minimum absolute atomic E-state index is 0.356. The molecule has 1 aromatic heterocycles. The normalized spacial score (nSPS) is 13.9. The average Bonchev–Trinajstić information content (AvgIpc) is 2.86. The van der Waals surface area contributed by atoms with Crippen molar-refractivity contribution in [2.75, 3.05) is 6.61 Å². The van der Waals surface area contributed by atoms with Crippen LogP contribution in [0.4, 0.5) is 0 Å². The first-order valence-corrected chi connectivity index (χ1v) is 7.45. The Bertz CT molecular complexity index is 291. The van der Waals surface area contributed by atoms with Crippen LogP contribution >= 0.6 is 11.3 Å². The van der Waals surface area contributed by atoms with Gasteiger partial charge in [-0.25, -0.2) is 0 Å². The monoisotopic (exact) mass is 256 g/mol. The van der Waals surface area contributed by atoms with E-state index in [0.717, 1.165) is 25.7 Å². The maximum atomic E-state index is 10.4. The van der Waals surface area contributed by atoms with Crippen molar-refractivity contribution in [2.45, 2.75) is 58.2 Å². The van der Waals surface area contributed by atoms with Crippen LogP contribution in [0.1, 0.15) is 45.6 Å². The average molecular weight is 256 g/mol. The zero-order valence-electron chi connectivity index (χ0n) is 11.1. The summed E-state index contributed by atoms with van der Waals surface area (Å²) in [6, 6.07) is 2.12. The number of hydrogen-bond donors (Lipinski definition) is 1. The number of hydrogen-bond acceptors (Lipinski definition) is 3. The van der Waals surface area contributed by atoms with E-state index in [0.29, 0.717) is 6.61 Å². The Hall–Kier alpha value is -0.380. The number of rotatable bonds is 8. The van der Waals surface area contributed by atoms with Gasteiger partial charge in [-0.1, -0.05) is 13.8 Å². The van der Waals surface area contributed by atoms with Crippen molar-refractivity contribution < 1.29 is 9.84 Å². The molecule has 0 aliphatic carbocycles. The van der Waals surface area contributed by atoms with Gasteiger partial charge in [0.1, 0.15) is 0 Å². The van der Waals surface area contributed by atoms with Crippen molar-refractivity contribution in [1.82, 2.24) is 0 Å². The molecule has 1 atom stereocenters. The summed E-state index contributed by atoms with van der Waals surface area (Å²) in [6.07, 6.45) is 3.06. The minimum atomic E-state index is -0.377. The van der Waals surface area contributed by atoms with Gasteiger partial charge in [0, 0.05) is 6.61 Å². The molecule has 1 heterocycles. The lowest BCUT2D eigenvalue weighted by atomic mass is 9.87. The van der Waals surface area contributed by atoms with Gasteiger partial charge < -0.3 is 9.84 Å². The molecule has 0 radical (unpaired) electrons. The van der Waals surface area contributed by atoms with Gasteiger partial charge in [-0.05, 0) is 55.0 Å². The first-order chi connectivity index (χ1) is 8.18. The zero-order chi connectivity index (χ0) is 12.7. The van der Waals surface area contributed by atoms with E-state index in [1.165, 1.54) is 5.56 Å². The van der Waals surface area contributed by atoms with Crippen LogP contribution in [0.25, 0.3) is 0 Å². The van der Waals surface area contributed by atoms with Gasteiger partial charge >= 0.3 is 0 Å². The quantitative estimate of drug-likeness (QED) is 0.769. The van der Waals surface area contributed by atoms with Crippen LogP contribution < -0.4 is 0 Å². The Morgan fingerprint density at radius 3 is 2.53 bits per heavy atom. The van der Waals surface area contributed by atoms with Crippen molar-refractivity contribution in [2.24, 2.45) is 0 Å². The highest BCUT2D eigenvalue weighted by Crippen LogP contribution is 2.28. The summed E-state index contributed by atoms with van der Waals surface area (Å²) < 4.78 is 5.81. The highest BCUT2D eigenvalue weighted by atomic mass is 32.1. The molecule has 0 aromatic carbocycles. The van der Waals surface area contributed by atoms with E-state index in [-0.39, 0.29) is 11.7 Å². The van der Waals surface area contributed by atoms with Crippen LogP contribution in [0.5, 0.6) is 0 Å². The van der Waals surface area contributed by atoms with Gasteiger partial charge in [-0.3, -0.25) is 0 Å². The summed E-state index contributed by atoms with van der Waals surface area (Å²) in [5.41, 5.74) is 0.955. The molecule has 0 aliphatic rings. The molecule has 1 N–H and O–H groups in total. The van der Waals surface area contributed by atoms with E-state index < -0.39 is 0 Å². The van der Waals surface area contributed by atoms with Gasteiger partial charge in [0.2, 0.25) is 0 Å². The first-order valence-electron chi connectivity index (χ1n) is 6.51. The lowest BCUT2D eigenvalue weighted by molar-refractivity contribution is -0.127. The first kappa shape index (κ1) is 14.7. The van der Waals surface area contributed by atoms with Crippen LogP contribution in [-0.2, 0) is 11.2 Å². The number of aryl methyl sites for hydroxylation is 1. The van der Waals surface area contributed by atoms with Gasteiger partial charge in [0.05, 0.1) is 11.7 Å². The molecule has 1 aromatic rings. The Kier molecular flexibility index (Phi) is 6.17. The highest BCUT2D eigenvalue weighted by molar-refractivity contribution is 7.07. The summed E-state index contributed by atoms with van der Waals surface area (Å²) >= 11 is 1.71. The Labute approximate surface area is 109 Å². The standard InChI is InChI=1S/C14H24O2S/c1-4-14(5-2,16-6-3)13(15)8-7-12-9-10-17-11-12/h9-11,13,15H,4-8H2,1-3H3. The molecule has 0 amide bonds. The molecule has 3 heteroatoms. The number of thiophene rings is 1. The van der Waals surface area contributed by atoms with Gasteiger partial charge in [-0.15, -0.1) is 0 Å². The lowest BCUT2D eigenvalue weighted by Crippen LogP contribution is -2.44. The molecule has 1 unspecified atom stereocenters. The second kappa shape index (κ2) is 7.14.